The molecule has 2 heterocycles. The van der Waals surface area contributed by atoms with Crippen molar-refractivity contribution in [3.8, 4) is 11.8 Å². The van der Waals surface area contributed by atoms with Crippen LogP contribution in [0.15, 0.2) is 58.9 Å². The number of rotatable bonds is 7. The van der Waals surface area contributed by atoms with Crippen LogP contribution >= 0.6 is 15.9 Å². The van der Waals surface area contributed by atoms with Gasteiger partial charge in [0.1, 0.15) is 24.0 Å². The van der Waals surface area contributed by atoms with E-state index in [9.17, 15) is 0 Å². The SMILES string of the molecule is C=C[C@@](C)(C#Cc1ccc(Br)cc1)/C(=N\OCC)n1ccnc1[C@H](C)OC1CCCCO1. The molecule has 1 fully saturated rings. The van der Waals surface area contributed by atoms with Crippen LogP contribution < -0.4 is 0 Å². The van der Waals surface area contributed by atoms with Gasteiger partial charge in [-0.25, -0.2) is 4.98 Å². The first-order valence-electron chi connectivity index (χ1n) is 10.9. The van der Waals surface area contributed by atoms with E-state index in [0.717, 1.165) is 35.9 Å². The minimum atomic E-state index is -0.793. The van der Waals surface area contributed by atoms with Gasteiger partial charge in [-0.15, -0.1) is 6.58 Å². The highest BCUT2D eigenvalue weighted by molar-refractivity contribution is 9.10. The summed E-state index contributed by atoms with van der Waals surface area (Å²) in [6, 6.07) is 7.85. The van der Waals surface area contributed by atoms with E-state index >= 15 is 0 Å². The third-order valence-electron chi connectivity index (χ3n) is 5.22. The zero-order valence-electron chi connectivity index (χ0n) is 18.9. The van der Waals surface area contributed by atoms with Crippen molar-refractivity contribution in [2.45, 2.75) is 52.4 Å². The minimum Gasteiger partial charge on any atom is -0.395 e. The van der Waals surface area contributed by atoms with E-state index in [-0.39, 0.29) is 12.4 Å². The second-order valence-corrected chi connectivity index (χ2v) is 8.64. The molecular formula is C25H30BrN3O3. The maximum absolute atomic E-state index is 6.15. The smallest absolute Gasteiger partial charge is 0.176 e. The third-order valence-corrected chi connectivity index (χ3v) is 5.75. The first kappa shape index (κ1) is 24.2. The molecule has 1 aromatic carbocycles. The fourth-order valence-corrected chi connectivity index (χ4v) is 3.61. The number of imidazole rings is 1. The summed E-state index contributed by atoms with van der Waals surface area (Å²) < 4.78 is 14.8. The molecule has 7 heteroatoms. The lowest BCUT2D eigenvalue weighted by Crippen LogP contribution is -2.33. The third kappa shape index (κ3) is 6.10. The Balaban J connectivity index is 1.93. The number of benzene rings is 1. The summed E-state index contributed by atoms with van der Waals surface area (Å²) >= 11 is 3.45. The van der Waals surface area contributed by atoms with E-state index in [0.29, 0.717) is 18.3 Å². The molecule has 1 aliphatic heterocycles. The van der Waals surface area contributed by atoms with Crippen molar-refractivity contribution in [2.75, 3.05) is 13.2 Å². The summed E-state index contributed by atoms with van der Waals surface area (Å²) in [5, 5.41) is 4.42. The van der Waals surface area contributed by atoms with Crippen LogP contribution in [-0.4, -0.2) is 34.9 Å². The fourth-order valence-electron chi connectivity index (χ4n) is 3.35. The van der Waals surface area contributed by atoms with Crippen LogP contribution in [0.25, 0.3) is 0 Å². The van der Waals surface area contributed by atoms with Crippen LogP contribution in [0, 0.1) is 17.3 Å². The lowest BCUT2D eigenvalue weighted by molar-refractivity contribution is -0.187. The minimum absolute atomic E-state index is 0.223. The summed E-state index contributed by atoms with van der Waals surface area (Å²) in [7, 11) is 0. The van der Waals surface area contributed by atoms with E-state index < -0.39 is 5.41 Å². The average Bonchev–Trinajstić information content (AvgIpc) is 3.29. The Morgan fingerprint density at radius 3 is 2.88 bits per heavy atom. The number of nitrogens with zero attached hydrogens (tertiary/aromatic N) is 3. The predicted octanol–water partition coefficient (Wildman–Crippen LogP) is 5.69. The van der Waals surface area contributed by atoms with E-state index in [1.54, 1.807) is 12.3 Å². The van der Waals surface area contributed by atoms with Gasteiger partial charge in [0.05, 0.1) is 0 Å². The highest BCUT2D eigenvalue weighted by Crippen LogP contribution is 2.27. The zero-order chi connectivity index (χ0) is 23.0. The second kappa shape index (κ2) is 11.5. The summed E-state index contributed by atoms with van der Waals surface area (Å²) in [6.45, 7) is 11.0. The van der Waals surface area contributed by atoms with Gasteiger partial charge in [-0.2, -0.15) is 0 Å². The quantitative estimate of drug-likeness (QED) is 0.161. The van der Waals surface area contributed by atoms with Crippen LogP contribution in [-0.2, 0) is 14.3 Å². The zero-order valence-corrected chi connectivity index (χ0v) is 20.5. The van der Waals surface area contributed by atoms with E-state index in [1.807, 2.05) is 55.8 Å². The summed E-state index contributed by atoms with van der Waals surface area (Å²) in [5.74, 6) is 7.83. The van der Waals surface area contributed by atoms with Crippen LogP contribution in [0.3, 0.4) is 0 Å². The van der Waals surface area contributed by atoms with Gasteiger partial charge in [0.25, 0.3) is 0 Å². The van der Waals surface area contributed by atoms with Gasteiger partial charge < -0.3 is 14.3 Å². The Hall–Kier alpha value is -2.40. The maximum atomic E-state index is 6.15. The predicted molar refractivity (Wildman–Crippen MR) is 129 cm³/mol. The fraction of sp³-hybridized carbons (Fsp3) is 0.440. The van der Waals surface area contributed by atoms with E-state index in [1.165, 1.54) is 0 Å². The van der Waals surface area contributed by atoms with Gasteiger partial charge in [0, 0.05) is 29.0 Å². The number of oxime groups is 1. The molecule has 0 spiro atoms. The Morgan fingerprint density at radius 2 is 2.22 bits per heavy atom. The number of hydrogen-bond donors (Lipinski definition) is 0. The summed E-state index contributed by atoms with van der Waals surface area (Å²) in [6.07, 6.45) is 7.88. The van der Waals surface area contributed by atoms with Crippen LogP contribution in [0.4, 0.5) is 0 Å². The number of allylic oxidation sites excluding steroid dienone is 1. The van der Waals surface area contributed by atoms with Crippen molar-refractivity contribution in [1.29, 1.82) is 0 Å². The van der Waals surface area contributed by atoms with Gasteiger partial charge >= 0.3 is 0 Å². The normalized spacial score (nSPS) is 19.4. The molecule has 0 saturated carbocycles. The topological polar surface area (TPSA) is 57.9 Å². The van der Waals surface area contributed by atoms with Crippen molar-refractivity contribution >= 4 is 21.8 Å². The lowest BCUT2D eigenvalue weighted by atomic mass is 9.89. The first-order valence-corrected chi connectivity index (χ1v) is 11.7. The molecular weight excluding hydrogens is 470 g/mol. The molecule has 170 valence electrons. The van der Waals surface area contributed by atoms with Gasteiger partial charge in [0.2, 0.25) is 0 Å². The molecule has 2 aromatic rings. The Bertz CT molecular complexity index is 984. The molecule has 0 N–H and O–H groups in total. The first-order chi connectivity index (χ1) is 15.5. The molecule has 6 nitrogen and oxygen atoms in total. The highest BCUT2D eigenvalue weighted by atomic mass is 79.9. The molecule has 0 aliphatic carbocycles. The molecule has 0 radical (unpaired) electrons. The Kier molecular flexibility index (Phi) is 8.68. The number of hydrogen-bond acceptors (Lipinski definition) is 5. The van der Waals surface area contributed by atoms with Crippen molar-refractivity contribution in [3.05, 3.63) is 65.2 Å². The molecule has 0 amide bonds. The number of ether oxygens (including phenoxy) is 2. The lowest BCUT2D eigenvalue weighted by Gasteiger charge is -2.28. The molecule has 1 aromatic heterocycles. The van der Waals surface area contributed by atoms with Gasteiger partial charge in [-0.05, 0) is 64.3 Å². The van der Waals surface area contributed by atoms with Crippen molar-refractivity contribution < 1.29 is 14.3 Å². The Morgan fingerprint density at radius 1 is 1.44 bits per heavy atom. The molecule has 1 aliphatic rings. The molecule has 0 bridgehead atoms. The Labute approximate surface area is 198 Å². The molecule has 1 unspecified atom stereocenters. The number of halogens is 1. The monoisotopic (exact) mass is 499 g/mol. The molecule has 3 atom stereocenters. The second-order valence-electron chi connectivity index (χ2n) is 7.73. The maximum Gasteiger partial charge on any atom is 0.176 e. The molecule has 1 saturated heterocycles. The van der Waals surface area contributed by atoms with Crippen molar-refractivity contribution in [3.63, 3.8) is 0 Å². The van der Waals surface area contributed by atoms with Crippen molar-refractivity contribution in [2.24, 2.45) is 10.6 Å². The number of aromatic nitrogens is 2. The molecule has 3 rings (SSSR count). The van der Waals surface area contributed by atoms with E-state index in [2.05, 4.69) is 44.5 Å². The molecule has 32 heavy (non-hydrogen) atoms. The van der Waals surface area contributed by atoms with Crippen LogP contribution in [0.5, 0.6) is 0 Å². The van der Waals surface area contributed by atoms with Gasteiger partial charge in [-0.1, -0.05) is 39.0 Å². The standard InChI is InChI=1S/C25H30BrN3O3/c1-5-25(4,15-14-20-10-12-21(26)13-11-20)24(28-31-6-2)29-17-16-27-23(29)19(3)32-22-9-7-8-18-30-22/h5,10-13,16-17,19,22H,1,6-9,18H2,2-4H3/b28-24+/t19-,22?,25-/m0/s1. The highest BCUT2D eigenvalue weighted by Gasteiger charge is 2.31. The van der Waals surface area contributed by atoms with Gasteiger partial charge in [-0.3, -0.25) is 4.57 Å². The van der Waals surface area contributed by atoms with Crippen molar-refractivity contribution in [1.82, 2.24) is 9.55 Å². The summed E-state index contributed by atoms with van der Waals surface area (Å²) in [4.78, 5) is 10.0. The van der Waals surface area contributed by atoms with Crippen LogP contribution in [0.1, 0.15) is 57.5 Å². The van der Waals surface area contributed by atoms with E-state index in [4.69, 9.17) is 14.3 Å². The average molecular weight is 500 g/mol. The van der Waals surface area contributed by atoms with Gasteiger partial charge in [0.15, 0.2) is 12.1 Å². The summed E-state index contributed by atoms with van der Waals surface area (Å²) in [5.41, 5.74) is 0.104. The van der Waals surface area contributed by atoms with Crippen LogP contribution in [0.2, 0.25) is 0 Å². The largest absolute Gasteiger partial charge is 0.395 e.